The summed E-state index contributed by atoms with van der Waals surface area (Å²) in [7, 11) is 1.95. The fourth-order valence-electron chi connectivity index (χ4n) is 2.37. The number of aliphatic hydroxyl groups is 1. The average molecular weight is 273 g/mol. The van der Waals surface area contributed by atoms with Gasteiger partial charge >= 0.3 is 0 Å². The van der Waals surface area contributed by atoms with E-state index in [0.717, 1.165) is 11.1 Å². The van der Waals surface area contributed by atoms with Gasteiger partial charge in [-0.2, -0.15) is 0 Å². The van der Waals surface area contributed by atoms with Gasteiger partial charge in [0.15, 0.2) is 0 Å². The number of hydrogen-bond donors (Lipinski definition) is 1. The third kappa shape index (κ3) is 3.89. The molecule has 0 aliphatic heterocycles. The molecule has 1 N–H and O–H groups in total. The van der Waals surface area contributed by atoms with E-state index in [2.05, 4.69) is 0 Å². The van der Waals surface area contributed by atoms with E-state index in [1.165, 1.54) is 12.1 Å². The molecule has 2 aromatic carbocycles. The molecule has 0 aliphatic carbocycles. The number of likely N-dealkylation sites (N-methyl/N-ethyl adjacent to an activating group) is 1. The first kappa shape index (κ1) is 14.7. The molecular formula is C17H20FNO. The van der Waals surface area contributed by atoms with Crippen molar-refractivity contribution in [2.75, 3.05) is 13.6 Å². The smallest absolute Gasteiger partial charge is 0.123 e. The molecule has 0 aromatic heterocycles. The summed E-state index contributed by atoms with van der Waals surface area (Å²) in [6.45, 7) is 2.99. The van der Waals surface area contributed by atoms with E-state index in [4.69, 9.17) is 0 Å². The molecule has 0 fully saturated rings. The lowest BCUT2D eigenvalue weighted by molar-refractivity contribution is 0.0214. The van der Waals surface area contributed by atoms with Crippen molar-refractivity contribution in [3.8, 4) is 0 Å². The SMILES string of the molecule is CN(Cc1ccc(F)cc1)CC(C)(O)c1ccccc1. The first-order valence-electron chi connectivity index (χ1n) is 6.68. The van der Waals surface area contributed by atoms with Gasteiger partial charge in [0.25, 0.3) is 0 Å². The third-order valence-electron chi connectivity index (χ3n) is 3.34. The van der Waals surface area contributed by atoms with Crippen molar-refractivity contribution in [2.45, 2.75) is 19.1 Å². The Morgan fingerprint density at radius 1 is 1.05 bits per heavy atom. The minimum atomic E-state index is -0.907. The second-order valence-corrected chi connectivity index (χ2v) is 5.44. The van der Waals surface area contributed by atoms with E-state index in [-0.39, 0.29) is 5.82 Å². The van der Waals surface area contributed by atoms with E-state index in [9.17, 15) is 9.50 Å². The van der Waals surface area contributed by atoms with Crippen molar-refractivity contribution in [3.63, 3.8) is 0 Å². The zero-order chi connectivity index (χ0) is 14.6. The van der Waals surface area contributed by atoms with Crippen LogP contribution in [0.1, 0.15) is 18.1 Å². The standard InChI is InChI=1S/C17H20FNO/c1-17(20,15-6-4-3-5-7-15)13-19(2)12-14-8-10-16(18)11-9-14/h3-11,20H,12-13H2,1-2H3. The van der Waals surface area contributed by atoms with E-state index in [0.29, 0.717) is 13.1 Å². The molecule has 2 rings (SSSR count). The van der Waals surface area contributed by atoms with Gasteiger partial charge in [-0.25, -0.2) is 4.39 Å². The van der Waals surface area contributed by atoms with Crippen LogP contribution in [0, 0.1) is 5.82 Å². The molecule has 0 radical (unpaired) electrons. The molecule has 0 bridgehead atoms. The van der Waals surface area contributed by atoms with Crippen LogP contribution in [0.5, 0.6) is 0 Å². The van der Waals surface area contributed by atoms with Gasteiger partial charge in [-0.3, -0.25) is 4.90 Å². The summed E-state index contributed by atoms with van der Waals surface area (Å²) < 4.78 is 12.9. The highest BCUT2D eigenvalue weighted by molar-refractivity contribution is 5.22. The van der Waals surface area contributed by atoms with Crippen LogP contribution in [0.4, 0.5) is 4.39 Å². The number of halogens is 1. The van der Waals surface area contributed by atoms with Crippen molar-refractivity contribution in [1.29, 1.82) is 0 Å². The van der Waals surface area contributed by atoms with Crippen LogP contribution < -0.4 is 0 Å². The first-order chi connectivity index (χ1) is 9.47. The van der Waals surface area contributed by atoms with Crippen molar-refractivity contribution >= 4 is 0 Å². The van der Waals surface area contributed by atoms with Crippen molar-refractivity contribution < 1.29 is 9.50 Å². The minimum Gasteiger partial charge on any atom is -0.384 e. The molecule has 3 heteroatoms. The normalized spacial score (nSPS) is 14.2. The van der Waals surface area contributed by atoms with Crippen LogP contribution in [0.15, 0.2) is 54.6 Å². The molecule has 1 unspecified atom stereocenters. The van der Waals surface area contributed by atoms with Gasteiger partial charge in [-0.15, -0.1) is 0 Å². The summed E-state index contributed by atoms with van der Waals surface area (Å²) in [5, 5.41) is 10.6. The van der Waals surface area contributed by atoms with E-state index >= 15 is 0 Å². The second kappa shape index (κ2) is 6.16. The molecule has 0 saturated carbocycles. The Kier molecular flexibility index (Phi) is 4.53. The van der Waals surface area contributed by atoms with Crippen LogP contribution in [-0.2, 0) is 12.1 Å². The number of rotatable bonds is 5. The summed E-state index contributed by atoms with van der Waals surface area (Å²) in [6, 6.07) is 16.1. The number of benzene rings is 2. The summed E-state index contributed by atoms with van der Waals surface area (Å²) in [5.41, 5.74) is 1.01. The Labute approximate surface area is 119 Å². The van der Waals surface area contributed by atoms with Crippen LogP contribution in [0.3, 0.4) is 0 Å². The van der Waals surface area contributed by atoms with Crippen LogP contribution >= 0.6 is 0 Å². The lowest BCUT2D eigenvalue weighted by atomic mass is 9.95. The first-order valence-corrected chi connectivity index (χ1v) is 6.68. The molecular weight excluding hydrogens is 253 g/mol. The lowest BCUT2D eigenvalue weighted by Crippen LogP contribution is -2.36. The van der Waals surface area contributed by atoms with Crippen molar-refractivity contribution in [3.05, 3.63) is 71.5 Å². The maximum atomic E-state index is 12.9. The van der Waals surface area contributed by atoms with Crippen LogP contribution in [-0.4, -0.2) is 23.6 Å². The maximum Gasteiger partial charge on any atom is 0.123 e. The predicted octanol–water partition coefficient (Wildman–Crippen LogP) is 3.17. The van der Waals surface area contributed by atoms with Gasteiger partial charge in [0.2, 0.25) is 0 Å². The van der Waals surface area contributed by atoms with Crippen molar-refractivity contribution in [2.24, 2.45) is 0 Å². The Hall–Kier alpha value is -1.71. The Bertz CT molecular complexity index is 537. The zero-order valence-corrected chi connectivity index (χ0v) is 11.9. The Morgan fingerprint density at radius 3 is 2.25 bits per heavy atom. The molecule has 0 amide bonds. The zero-order valence-electron chi connectivity index (χ0n) is 11.9. The molecule has 20 heavy (non-hydrogen) atoms. The highest BCUT2D eigenvalue weighted by Crippen LogP contribution is 2.21. The van der Waals surface area contributed by atoms with E-state index in [1.54, 1.807) is 12.1 Å². The van der Waals surface area contributed by atoms with Crippen LogP contribution in [0.2, 0.25) is 0 Å². The highest BCUT2D eigenvalue weighted by atomic mass is 19.1. The fourth-order valence-corrected chi connectivity index (χ4v) is 2.37. The van der Waals surface area contributed by atoms with Gasteiger partial charge in [-0.05, 0) is 37.2 Å². The molecule has 0 spiro atoms. The molecule has 0 aliphatic rings. The van der Waals surface area contributed by atoms with E-state index < -0.39 is 5.60 Å². The summed E-state index contributed by atoms with van der Waals surface area (Å²) in [6.07, 6.45) is 0. The minimum absolute atomic E-state index is 0.229. The van der Waals surface area contributed by atoms with E-state index in [1.807, 2.05) is 49.2 Å². The van der Waals surface area contributed by atoms with Crippen LogP contribution in [0.25, 0.3) is 0 Å². The fraction of sp³-hybridized carbons (Fsp3) is 0.294. The molecule has 0 heterocycles. The molecule has 1 atom stereocenters. The summed E-state index contributed by atoms with van der Waals surface area (Å²) in [4.78, 5) is 2.03. The molecule has 2 aromatic rings. The molecule has 0 saturated heterocycles. The molecule has 106 valence electrons. The van der Waals surface area contributed by atoms with Gasteiger partial charge in [0.05, 0.1) is 5.60 Å². The van der Waals surface area contributed by atoms with Gasteiger partial charge in [0, 0.05) is 13.1 Å². The lowest BCUT2D eigenvalue weighted by Gasteiger charge is -2.29. The van der Waals surface area contributed by atoms with Gasteiger partial charge < -0.3 is 5.11 Å². The predicted molar refractivity (Wildman–Crippen MR) is 78.7 cm³/mol. The average Bonchev–Trinajstić information content (AvgIpc) is 2.42. The monoisotopic (exact) mass is 273 g/mol. The van der Waals surface area contributed by atoms with Gasteiger partial charge in [0.1, 0.15) is 5.82 Å². The second-order valence-electron chi connectivity index (χ2n) is 5.44. The number of nitrogens with zero attached hydrogens (tertiary/aromatic N) is 1. The highest BCUT2D eigenvalue weighted by Gasteiger charge is 2.24. The summed E-state index contributed by atoms with van der Waals surface area (Å²) in [5.74, 6) is -0.229. The Morgan fingerprint density at radius 2 is 1.65 bits per heavy atom. The largest absolute Gasteiger partial charge is 0.384 e. The molecule has 2 nitrogen and oxygen atoms in total. The summed E-state index contributed by atoms with van der Waals surface area (Å²) >= 11 is 0. The number of hydrogen-bond acceptors (Lipinski definition) is 2. The topological polar surface area (TPSA) is 23.5 Å². The Balaban J connectivity index is 2.00. The third-order valence-corrected chi connectivity index (χ3v) is 3.34. The maximum absolute atomic E-state index is 12.9. The van der Waals surface area contributed by atoms with Crippen molar-refractivity contribution in [1.82, 2.24) is 4.90 Å². The van der Waals surface area contributed by atoms with Gasteiger partial charge in [-0.1, -0.05) is 42.5 Å². The quantitative estimate of drug-likeness (QED) is 0.904.